The average molecular weight is 272 g/mol. The van der Waals surface area contributed by atoms with E-state index < -0.39 is 0 Å². The lowest BCUT2D eigenvalue weighted by Crippen LogP contribution is -2.23. The fourth-order valence-corrected chi connectivity index (χ4v) is 1.90. The number of amides is 1. The molecule has 1 heterocycles. The standard InChI is InChI=1S/C15H20N4O/c16-8-1-3-15(20)17-11-13-4-6-14(7-5-13)12-19-10-2-9-18-19/h2,4-7,9-10H,1,3,8,11-12,16H2,(H,17,20). The van der Waals surface area contributed by atoms with E-state index in [0.717, 1.165) is 18.5 Å². The monoisotopic (exact) mass is 272 g/mol. The highest BCUT2D eigenvalue weighted by molar-refractivity contribution is 5.75. The zero-order valence-corrected chi connectivity index (χ0v) is 11.5. The Balaban J connectivity index is 1.81. The molecule has 5 nitrogen and oxygen atoms in total. The lowest BCUT2D eigenvalue weighted by atomic mass is 10.1. The summed E-state index contributed by atoms with van der Waals surface area (Å²) in [6.07, 6.45) is 4.93. The molecule has 2 rings (SSSR count). The number of carbonyl (C=O) groups excluding carboxylic acids is 1. The van der Waals surface area contributed by atoms with Gasteiger partial charge in [0.2, 0.25) is 5.91 Å². The van der Waals surface area contributed by atoms with Gasteiger partial charge in [-0.3, -0.25) is 9.48 Å². The first-order valence-electron chi connectivity index (χ1n) is 6.80. The molecule has 1 aromatic carbocycles. The van der Waals surface area contributed by atoms with Gasteiger partial charge in [-0.1, -0.05) is 24.3 Å². The van der Waals surface area contributed by atoms with Crippen molar-refractivity contribution in [2.75, 3.05) is 6.54 Å². The molecular formula is C15H20N4O. The molecule has 3 N–H and O–H groups in total. The van der Waals surface area contributed by atoms with Crippen molar-refractivity contribution in [3.63, 3.8) is 0 Å². The van der Waals surface area contributed by atoms with Gasteiger partial charge in [0.25, 0.3) is 0 Å². The Morgan fingerprint density at radius 3 is 2.65 bits per heavy atom. The summed E-state index contributed by atoms with van der Waals surface area (Å²) >= 11 is 0. The molecule has 0 aliphatic rings. The molecule has 0 radical (unpaired) electrons. The number of rotatable bonds is 7. The first-order valence-corrected chi connectivity index (χ1v) is 6.80. The fraction of sp³-hybridized carbons (Fsp3) is 0.333. The predicted octanol–water partition coefficient (Wildman–Crippen LogP) is 1.29. The number of hydrogen-bond donors (Lipinski definition) is 2. The number of carbonyl (C=O) groups is 1. The topological polar surface area (TPSA) is 72.9 Å². The Kier molecular flexibility index (Phi) is 5.32. The molecule has 0 aliphatic carbocycles. The summed E-state index contributed by atoms with van der Waals surface area (Å²) in [5, 5.41) is 7.06. The summed E-state index contributed by atoms with van der Waals surface area (Å²) in [6, 6.07) is 10.1. The van der Waals surface area contributed by atoms with E-state index in [1.807, 2.05) is 29.1 Å². The number of nitrogens with one attached hydrogen (secondary N) is 1. The molecule has 0 bridgehead atoms. The third-order valence-corrected chi connectivity index (χ3v) is 3.02. The van der Waals surface area contributed by atoms with E-state index in [-0.39, 0.29) is 5.91 Å². The second-order valence-electron chi connectivity index (χ2n) is 4.69. The maximum atomic E-state index is 11.5. The second kappa shape index (κ2) is 7.45. The Hall–Kier alpha value is -2.14. The van der Waals surface area contributed by atoms with Crippen LogP contribution in [0.5, 0.6) is 0 Å². The number of nitrogens with zero attached hydrogens (tertiary/aromatic N) is 2. The van der Waals surface area contributed by atoms with Crippen LogP contribution in [0.15, 0.2) is 42.7 Å². The zero-order valence-electron chi connectivity index (χ0n) is 11.5. The number of aromatic nitrogens is 2. The van der Waals surface area contributed by atoms with Gasteiger partial charge in [-0.2, -0.15) is 5.10 Å². The Morgan fingerprint density at radius 2 is 2.00 bits per heavy atom. The van der Waals surface area contributed by atoms with E-state index in [9.17, 15) is 4.79 Å². The van der Waals surface area contributed by atoms with Crippen LogP contribution < -0.4 is 11.1 Å². The second-order valence-corrected chi connectivity index (χ2v) is 4.69. The lowest BCUT2D eigenvalue weighted by Gasteiger charge is -2.06. The summed E-state index contributed by atoms with van der Waals surface area (Å²) < 4.78 is 1.88. The van der Waals surface area contributed by atoms with Crippen LogP contribution in [0, 0.1) is 0 Å². The van der Waals surface area contributed by atoms with Crippen molar-refractivity contribution in [3.05, 3.63) is 53.9 Å². The zero-order chi connectivity index (χ0) is 14.2. The molecule has 1 aromatic heterocycles. The normalized spacial score (nSPS) is 10.4. The summed E-state index contributed by atoms with van der Waals surface area (Å²) in [5.41, 5.74) is 7.65. The minimum Gasteiger partial charge on any atom is -0.352 e. The van der Waals surface area contributed by atoms with Crippen LogP contribution in [0.3, 0.4) is 0 Å². The minimum atomic E-state index is 0.0519. The Bertz CT molecular complexity index is 519. The van der Waals surface area contributed by atoms with Gasteiger partial charge in [-0.05, 0) is 30.2 Å². The molecule has 106 valence electrons. The van der Waals surface area contributed by atoms with Crippen LogP contribution in [0.2, 0.25) is 0 Å². The largest absolute Gasteiger partial charge is 0.352 e. The van der Waals surface area contributed by atoms with Gasteiger partial charge in [0.05, 0.1) is 6.54 Å². The van der Waals surface area contributed by atoms with Gasteiger partial charge < -0.3 is 11.1 Å². The Labute approximate surface area is 118 Å². The highest BCUT2D eigenvalue weighted by atomic mass is 16.1. The van der Waals surface area contributed by atoms with Gasteiger partial charge >= 0.3 is 0 Å². The highest BCUT2D eigenvalue weighted by Crippen LogP contribution is 2.06. The van der Waals surface area contributed by atoms with Gasteiger partial charge in [0.15, 0.2) is 0 Å². The molecule has 0 unspecified atom stereocenters. The Morgan fingerprint density at radius 1 is 1.25 bits per heavy atom. The van der Waals surface area contributed by atoms with E-state index in [0.29, 0.717) is 19.5 Å². The van der Waals surface area contributed by atoms with Crippen molar-refractivity contribution in [1.82, 2.24) is 15.1 Å². The van der Waals surface area contributed by atoms with Crippen molar-refractivity contribution < 1.29 is 4.79 Å². The van der Waals surface area contributed by atoms with E-state index >= 15 is 0 Å². The third-order valence-electron chi connectivity index (χ3n) is 3.02. The first kappa shape index (κ1) is 14.3. The first-order chi connectivity index (χ1) is 9.78. The third kappa shape index (κ3) is 4.51. The number of nitrogens with two attached hydrogens (primary N) is 1. The summed E-state index contributed by atoms with van der Waals surface area (Å²) in [6.45, 7) is 1.87. The van der Waals surface area contributed by atoms with E-state index in [1.54, 1.807) is 6.20 Å². The van der Waals surface area contributed by atoms with Gasteiger partial charge in [0, 0.05) is 25.4 Å². The molecule has 20 heavy (non-hydrogen) atoms. The van der Waals surface area contributed by atoms with Crippen molar-refractivity contribution in [1.29, 1.82) is 0 Å². The molecule has 2 aromatic rings. The van der Waals surface area contributed by atoms with Crippen molar-refractivity contribution in [2.24, 2.45) is 5.73 Å². The highest BCUT2D eigenvalue weighted by Gasteiger charge is 2.01. The fourth-order valence-electron chi connectivity index (χ4n) is 1.90. The predicted molar refractivity (Wildman–Crippen MR) is 77.9 cm³/mol. The lowest BCUT2D eigenvalue weighted by molar-refractivity contribution is -0.121. The smallest absolute Gasteiger partial charge is 0.220 e. The molecule has 0 fully saturated rings. The maximum absolute atomic E-state index is 11.5. The summed E-state index contributed by atoms with van der Waals surface area (Å²) in [7, 11) is 0. The number of benzene rings is 1. The van der Waals surface area contributed by atoms with Crippen LogP contribution in [0.25, 0.3) is 0 Å². The van der Waals surface area contributed by atoms with E-state index in [2.05, 4.69) is 22.5 Å². The molecule has 1 amide bonds. The molecular weight excluding hydrogens is 252 g/mol. The van der Waals surface area contributed by atoms with Crippen LogP contribution in [0.4, 0.5) is 0 Å². The van der Waals surface area contributed by atoms with Crippen molar-refractivity contribution in [2.45, 2.75) is 25.9 Å². The van der Waals surface area contributed by atoms with Crippen molar-refractivity contribution >= 4 is 5.91 Å². The SMILES string of the molecule is NCCCC(=O)NCc1ccc(Cn2cccn2)cc1. The summed E-state index contributed by atoms with van der Waals surface area (Å²) in [4.78, 5) is 11.5. The van der Waals surface area contributed by atoms with Gasteiger partial charge in [0.1, 0.15) is 0 Å². The van der Waals surface area contributed by atoms with Crippen molar-refractivity contribution in [3.8, 4) is 0 Å². The van der Waals surface area contributed by atoms with Crippen LogP contribution >= 0.6 is 0 Å². The summed E-state index contributed by atoms with van der Waals surface area (Å²) in [5.74, 6) is 0.0519. The van der Waals surface area contributed by atoms with Gasteiger partial charge in [-0.15, -0.1) is 0 Å². The quantitative estimate of drug-likeness (QED) is 0.797. The van der Waals surface area contributed by atoms with E-state index in [4.69, 9.17) is 5.73 Å². The van der Waals surface area contributed by atoms with Crippen LogP contribution in [-0.4, -0.2) is 22.2 Å². The maximum Gasteiger partial charge on any atom is 0.220 e. The minimum absolute atomic E-state index is 0.0519. The van der Waals surface area contributed by atoms with Crippen LogP contribution in [-0.2, 0) is 17.9 Å². The average Bonchev–Trinajstić information content (AvgIpc) is 2.97. The van der Waals surface area contributed by atoms with Crippen LogP contribution in [0.1, 0.15) is 24.0 Å². The molecule has 5 heteroatoms. The van der Waals surface area contributed by atoms with Gasteiger partial charge in [-0.25, -0.2) is 0 Å². The molecule has 0 saturated heterocycles. The molecule has 0 saturated carbocycles. The number of hydrogen-bond acceptors (Lipinski definition) is 3. The molecule has 0 spiro atoms. The molecule has 0 aliphatic heterocycles. The van der Waals surface area contributed by atoms with E-state index in [1.165, 1.54) is 5.56 Å². The molecule has 0 atom stereocenters.